The van der Waals surface area contributed by atoms with Crippen molar-refractivity contribution in [2.24, 2.45) is 5.92 Å². The van der Waals surface area contributed by atoms with E-state index in [1.54, 1.807) is 18.6 Å². The van der Waals surface area contributed by atoms with Crippen molar-refractivity contribution < 1.29 is 14.3 Å². The zero-order chi connectivity index (χ0) is 31.4. The number of methoxy groups -OCH3 is 1. The Kier molecular flexibility index (Phi) is 19.0. The van der Waals surface area contributed by atoms with Gasteiger partial charge in [-0.25, -0.2) is 0 Å². The van der Waals surface area contributed by atoms with Gasteiger partial charge in [0.1, 0.15) is 11.2 Å². The van der Waals surface area contributed by atoms with Crippen LogP contribution in [0.2, 0.25) is 0 Å². The number of unbranched alkanes of at least 4 members (excludes halogenated alkanes) is 16. The number of carbonyl (C=O) groups excluding carboxylic acids is 1. The van der Waals surface area contributed by atoms with Crippen LogP contribution in [0.1, 0.15) is 187 Å². The van der Waals surface area contributed by atoms with Crippen molar-refractivity contribution in [3.05, 3.63) is 22.7 Å². The molecule has 5 heteroatoms. The van der Waals surface area contributed by atoms with E-state index in [4.69, 9.17) is 13.8 Å². The molecule has 0 aromatic carbocycles. The van der Waals surface area contributed by atoms with Crippen molar-refractivity contribution in [2.75, 3.05) is 7.11 Å². The fourth-order valence-electron chi connectivity index (χ4n) is 6.86. The molecule has 1 aromatic heterocycles. The second-order valence-corrected chi connectivity index (χ2v) is 14.4. The maximum absolute atomic E-state index is 13.2. The highest BCUT2D eigenvalue weighted by atomic mass is 32.1. The van der Waals surface area contributed by atoms with E-state index in [1.807, 2.05) is 0 Å². The Morgan fingerprint density at radius 3 is 1.95 bits per heavy atom. The molecule has 2 unspecified atom stereocenters. The molecule has 0 amide bonds. The van der Waals surface area contributed by atoms with Crippen LogP contribution in [0.5, 0.6) is 0 Å². The van der Waals surface area contributed by atoms with Crippen LogP contribution in [0.3, 0.4) is 0 Å². The normalized spacial score (nSPS) is 18.5. The highest BCUT2D eigenvalue weighted by molar-refractivity contribution is 7.03. The molecule has 1 aliphatic carbocycles. The largest absolute Gasteiger partial charge is 0.456 e. The molecular weight excluding hydrogens is 550 g/mol. The molecular formula is C38H67NO3S. The number of hydrogen-bond donors (Lipinski definition) is 0. The number of nitrogens with zero attached hydrogens (tertiary/aromatic N) is 1. The average molecular weight is 618 g/mol. The van der Waals surface area contributed by atoms with Gasteiger partial charge in [0, 0.05) is 25.3 Å². The van der Waals surface area contributed by atoms with E-state index in [0.717, 1.165) is 44.2 Å². The van der Waals surface area contributed by atoms with E-state index in [1.165, 1.54) is 114 Å². The minimum atomic E-state index is -0.703. The molecule has 1 heterocycles. The van der Waals surface area contributed by atoms with E-state index in [2.05, 4.69) is 46.1 Å². The lowest BCUT2D eigenvalue weighted by atomic mass is 9.67. The standard InChI is InChI=1S/C38H67NO3S/c1-7-9-11-13-14-15-16-17-18-19-20-22-24-28-35(40)42-37(5,32(3)4)38(41-6)29-25-27-33(30-38)36-34(31-43-39-36)26-23-21-12-10-8-2/h27,31-32H,7-26,28-30H2,1-6H3. The first-order valence-electron chi connectivity index (χ1n) is 18.2. The predicted molar refractivity (Wildman–Crippen MR) is 186 cm³/mol. The number of aromatic nitrogens is 1. The summed E-state index contributed by atoms with van der Waals surface area (Å²) < 4.78 is 17.7. The summed E-state index contributed by atoms with van der Waals surface area (Å²) in [4.78, 5) is 13.2. The number of rotatable bonds is 25. The maximum atomic E-state index is 13.2. The number of carbonyl (C=O) groups is 1. The summed E-state index contributed by atoms with van der Waals surface area (Å²) in [6.45, 7) is 11.0. The van der Waals surface area contributed by atoms with Crippen LogP contribution in [0.25, 0.3) is 5.57 Å². The molecule has 43 heavy (non-hydrogen) atoms. The zero-order valence-electron chi connectivity index (χ0n) is 29.1. The summed E-state index contributed by atoms with van der Waals surface area (Å²) in [6, 6.07) is 0. The summed E-state index contributed by atoms with van der Waals surface area (Å²) in [5.41, 5.74) is 2.51. The number of allylic oxidation sites excluding steroid dienone is 1. The molecule has 1 aromatic rings. The Morgan fingerprint density at radius 1 is 0.884 bits per heavy atom. The highest BCUT2D eigenvalue weighted by Crippen LogP contribution is 2.48. The lowest BCUT2D eigenvalue weighted by Gasteiger charge is -2.51. The Hall–Kier alpha value is -1.20. The molecule has 1 aliphatic rings. The number of hydrogen-bond acceptors (Lipinski definition) is 5. The molecule has 0 spiro atoms. The summed E-state index contributed by atoms with van der Waals surface area (Å²) in [7, 11) is 1.81. The zero-order valence-corrected chi connectivity index (χ0v) is 29.9. The fraction of sp³-hybridized carbons (Fsp3) is 0.842. The SMILES string of the molecule is CCCCCCCCCCCCCCCC(=O)OC(C)(C(C)C)C1(OC)CCC=C(c2nscc2CCCCCCC)C1. The molecule has 0 saturated heterocycles. The number of esters is 1. The van der Waals surface area contributed by atoms with Crippen molar-refractivity contribution in [3.63, 3.8) is 0 Å². The third-order valence-electron chi connectivity index (χ3n) is 10.1. The Bertz CT molecular complexity index is 909. The summed E-state index contributed by atoms with van der Waals surface area (Å²) in [5, 5.41) is 2.23. The molecule has 4 nitrogen and oxygen atoms in total. The molecule has 0 fully saturated rings. The van der Waals surface area contributed by atoms with Gasteiger partial charge in [-0.05, 0) is 67.6 Å². The third-order valence-corrected chi connectivity index (χ3v) is 10.8. The third kappa shape index (κ3) is 12.6. The van der Waals surface area contributed by atoms with Gasteiger partial charge in [0.15, 0.2) is 0 Å². The van der Waals surface area contributed by atoms with Gasteiger partial charge in [-0.1, -0.05) is 137 Å². The van der Waals surface area contributed by atoms with E-state index in [9.17, 15) is 4.79 Å². The monoisotopic (exact) mass is 617 g/mol. The predicted octanol–water partition coefficient (Wildman–Crippen LogP) is 12.0. The number of ether oxygens (including phenoxy) is 2. The topological polar surface area (TPSA) is 48.4 Å². The van der Waals surface area contributed by atoms with Gasteiger partial charge in [-0.15, -0.1) is 0 Å². The quantitative estimate of drug-likeness (QED) is 0.0809. The van der Waals surface area contributed by atoms with Crippen molar-refractivity contribution in [1.82, 2.24) is 4.37 Å². The van der Waals surface area contributed by atoms with Crippen molar-refractivity contribution in [2.45, 2.75) is 193 Å². The van der Waals surface area contributed by atoms with Gasteiger partial charge < -0.3 is 9.47 Å². The first-order chi connectivity index (χ1) is 20.8. The number of aryl methyl sites for hydroxylation is 1. The van der Waals surface area contributed by atoms with Crippen LogP contribution in [-0.2, 0) is 20.7 Å². The average Bonchev–Trinajstić information content (AvgIpc) is 3.47. The molecule has 2 atom stereocenters. The lowest BCUT2D eigenvalue weighted by molar-refractivity contribution is -0.215. The van der Waals surface area contributed by atoms with Crippen LogP contribution in [0.4, 0.5) is 0 Å². The Morgan fingerprint density at radius 2 is 1.42 bits per heavy atom. The first-order valence-corrected chi connectivity index (χ1v) is 19.1. The summed E-state index contributed by atoms with van der Waals surface area (Å²) >= 11 is 1.57. The minimum Gasteiger partial charge on any atom is -0.456 e. The molecule has 0 radical (unpaired) electrons. The van der Waals surface area contributed by atoms with Crippen LogP contribution in [0, 0.1) is 5.92 Å². The Balaban J connectivity index is 1.83. The molecule has 0 bridgehead atoms. The van der Waals surface area contributed by atoms with Crippen LogP contribution < -0.4 is 0 Å². The van der Waals surface area contributed by atoms with E-state index < -0.39 is 11.2 Å². The lowest BCUT2D eigenvalue weighted by Crippen LogP contribution is -2.59. The highest BCUT2D eigenvalue weighted by Gasteiger charge is 2.54. The van der Waals surface area contributed by atoms with Gasteiger partial charge in [-0.2, -0.15) is 4.37 Å². The summed E-state index contributed by atoms with van der Waals surface area (Å²) in [6.07, 6.45) is 29.8. The van der Waals surface area contributed by atoms with E-state index >= 15 is 0 Å². The maximum Gasteiger partial charge on any atom is 0.306 e. The molecule has 0 saturated carbocycles. The van der Waals surface area contributed by atoms with Gasteiger partial charge in [0.25, 0.3) is 0 Å². The second-order valence-electron chi connectivity index (χ2n) is 13.7. The Labute approximate surface area is 270 Å². The summed E-state index contributed by atoms with van der Waals surface area (Å²) in [5.74, 6) is 0.0593. The fourth-order valence-corrected chi connectivity index (χ4v) is 7.61. The van der Waals surface area contributed by atoms with Gasteiger partial charge >= 0.3 is 5.97 Å². The van der Waals surface area contributed by atoms with Crippen LogP contribution in [0.15, 0.2) is 11.5 Å². The van der Waals surface area contributed by atoms with Crippen LogP contribution >= 0.6 is 11.5 Å². The molecule has 248 valence electrons. The molecule has 0 aliphatic heterocycles. The van der Waals surface area contributed by atoms with Crippen molar-refractivity contribution in [3.8, 4) is 0 Å². The van der Waals surface area contributed by atoms with E-state index in [-0.39, 0.29) is 11.9 Å². The molecule has 0 N–H and O–H groups in total. The van der Waals surface area contributed by atoms with Gasteiger partial charge in [-0.3, -0.25) is 4.79 Å². The van der Waals surface area contributed by atoms with Gasteiger partial charge in [0.05, 0.1) is 5.69 Å². The van der Waals surface area contributed by atoms with Crippen LogP contribution in [-0.4, -0.2) is 28.7 Å². The van der Waals surface area contributed by atoms with E-state index in [0.29, 0.717) is 6.42 Å². The van der Waals surface area contributed by atoms with Crippen molar-refractivity contribution in [1.29, 1.82) is 0 Å². The minimum absolute atomic E-state index is 0.0757. The van der Waals surface area contributed by atoms with Crippen molar-refractivity contribution >= 4 is 23.1 Å². The second kappa shape index (κ2) is 21.5. The smallest absolute Gasteiger partial charge is 0.306 e. The molecule has 2 rings (SSSR count). The first kappa shape index (κ1) is 38.0. The van der Waals surface area contributed by atoms with Gasteiger partial charge in [0.2, 0.25) is 0 Å².